The molecule has 11 nitrogen and oxygen atoms in total. The Kier molecular flexibility index (Phi) is 7.19. The van der Waals surface area contributed by atoms with Crippen LogP contribution in [-0.2, 0) is 47.7 Å². The molecule has 0 amide bonds. The van der Waals surface area contributed by atoms with E-state index in [4.69, 9.17) is 28.1 Å². The zero-order valence-corrected chi connectivity index (χ0v) is 24.9. The first-order chi connectivity index (χ1) is 19.7. The van der Waals surface area contributed by atoms with Gasteiger partial charge in [-0.1, -0.05) is 27.4 Å². The van der Waals surface area contributed by atoms with E-state index < -0.39 is 75.7 Å². The molecule has 1 spiro atoms. The molecule has 3 heterocycles. The smallest absolute Gasteiger partial charge is 0.320 e. The summed E-state index contributed by atoms with van der Waals surface area (Å²) in [6.45, 7) is 9.87. The average molecular weight is 587 g/mol. The van der Waals surface area contributed by atoms with Crippen molar-refractivity contribution in [2.75, 3.05) is 21.3 Å². The Morgan fingerprint density at radius 3 is 2.31 bits per heavy atom. The molecule has 2 aliphatic heterocycles. The third-order valence-corrected chi connectivity index (χ3v) is 10.9. The first-order valence-electron chi connectivity index (χ1n) is 14.1. The Labute approximate surface area is 244 Å². The summed E-state index contributed by atoms with van der Waals surface area (Å²) in [6.07, 6.45) is 1.61. The Morgan fingerprint density at radius 1 is 1.07 bits per heavy atom. The van der Waals surface area contributed by atoms with Crippen LogP contribution in [0.5, 0.6) is 0 Å². The Balaban J connectivity index is 1.72. The van der Waals surface area contributed by atoms with Gasteiger partial charge in [0.25, 0.3) is 0 Å². The monoisotopic (exact) mass is 586 g/mol. The van der Waals surface area contributed by atoms with Crippen LogP contribution in [0.15, 0.2) is 35.2 Å². The van der Waals surface area contributed by atoms with Crippen molar-refractivity contribution in [2.45, 2.75) is 70.7 Å². The van der Waals surface area contributed by atoms with Crippen LogP contribution in [0, 0.1) is 34.0 Å². The van der Waals surface area contributed by atoms with Gasteiger partial charge in [-0.15, -0.1) is 0 Å². The molecule has 0 N–H and O–H groups in total. The highest BCUT2D eigenvalue weighted by Crippen LogP contribution is 2.73. The van der Waals surface area contributed by atoms with E-state index in [0.717, 1.165) is 0 Å². The number of furan rings is 1. The number of esters is 4. The first-order valence-corrected chi connectivity index (χ1v) is 14.1. The number of rotatable bonds is 6. The second-order valence-corrected chi connectivity index (χ2v) is 12.8. The van der Waals surface area contributed by atoms with Crippen molar-refractivity contribution in [1.82, 2.24) is 0 Å². The fourth-order valence-electron chi connectivity index (χ4n) is 8.94. The minimum absolute atomic E-state index is 0.0275. The van der Waals surface area contributed by atoms with E-state index in [1.165, 1.54) is 33.9 Å². The van der Waals surface area contributed by atoms with E-state index in [2.05, 4.69) is 6.58 Å². The quantitative estimate of drug-likeness (QED) is 0.209. The molecule has 2 saturated carbocycles. The largest absolute Gasteiger partial charge is 0.472 e. The van der Waals surface area contributed by atoms with Gasteiger partial charge in [0.2, 0.25) is 0 Å². The molecule has 1 aromatic rings. The van der Waals surface area contributed by atoms with Gasteiger partial charge in [0.05, 0.1) is 58.2 Å². The van der Waals surface area contributed by atoms with Gasteiger partial charge >= 0.3 is 23.9 Å². The molecule has 7 atom stereocenters. The molecule has 11 heteroatoms. The normalized spacial score (nSPS) is 36.8. The molecule has 0 unspecified atom stereocenters. The summed E-state index contributed by atoms with van der Waals surface area (Å²) in [6, 6.07) is 1.68. The topological polar surface area (TPSA) is 145 Å². The predicted molar refractivity (Wildman–Crippen MR) is 143 cm³/mol. The van der Waals surface area contributed by atoms with Crippen LogP contribution in [0.25, 0.3) is 0 Å². The maximum Gasteiger partial charge on any atom is 0.320 e. The van der Waals surface area contributed by atoms with Gasteiger partial charge in [-0.05, 0) is 30.4 Å². The standard InChI is InChI=1S/C31H38O11/c1-16-18-8-10-30(13-21(33)37-5)25(17-9-11-40-15-17)41-22(34)14-31(16,30)42-20-12-19(32)28(2,3)24(29(18,20)4)23(26(35)38-6)27(36)39-7/h9,11,15,18,20,23-25H,1,8,10,12-14H2,2-7H3/t18-,20-,24-,25+,29+,30+,31-/m0/s1. The van der Waals surface area contributed by atoms with Gasteiger partial charge in [0.15, 0.2) is 5.92 Å². The van der Waals surface area contributed by atoms with Crippen LogP contribution in [0.1, 0.15) is 64.5 Å². The van der Waals surface area contributed by atoms with Gasteiger partial charge in [0.1, 0.15) is 17.5 Å². The molecule has 2 saturated heterocycles. The van der Waals surface area contributed by atoms with Crippen LogP contribution < -0.4 is 0 Å². The van der Waals surface area contributed by atoms with Crippen molar-refractivity contribution in [3.05, 3.63) is 36.3 Å². The molecule has 5 rings (SSSR count). The molecular formula is C31H38O11. The summed E-state index contributed by atoms with van der Waals surface area (Å²) in [7, 11) is 3.66. The van der Waals surface area contributed by atoms with E-state index in [-0.39, 0.29) is 25.0 Å². The van der Waals surface area contributed by atoms with E-state index in [9.17, 15) is 24.0 Å². The average Bonchev–Trinajstić information content (AvgIpc) is 3.48. The SMILES string of the molecule is C=C1[C@@H]2CC[C@@]3(CC(=O)OC)[C@@H](c4ccoc4)OC(=O)C[C@]13O[C@H]1CC(=O)C(C)(C)[C@H](C(C(=O)OC)C(=O)OC)[C@@]12C. The molecule has 0 aromatic carbocycles. The van der Waals surface area contributed by atoms with E-state index in [1.807, 2.05) is 6.92 Å². The van der Waals surface area contributed by atoms with Crippen molar-refractivity contribution in [1.29, 1.82) is 0 Å². The molecule has 228 valence electrons. The third kappa shape index (κ3) is 3.84. The summed E-state index contributed by atoms with van der Waals surface area (Å²) in [4.78, 5) is 66.6. The van der Waals surface area contributed by atoms with Crippen molar-refractivity contribution < 1.29 is 52.1 Å². The number of Topliss-reactive ketones (excluding diaryl/α,β-unsaturated/α-hetero) is 1. The molecule has 4 aliphatic rings. The summed E-state index contributed by atoms with van der Waals surface area (Å²) < 4.78 is 33.5. The second kappa shape index (κ2) is 10.1. The van der Waals surface area contributed by atoms with E-state index in [0.29, 0.717) is 24.0 Å². The summed E-state index contributed by atoms with van der Waals surface area (Å²) in [5, 5.41) is 0. The number of hydrogen-bond acceptors (Lipinski definition) is 11. The van der Waals surface area contributed by atoms with Gasteiger partial charge in [-0.2, -0.15) is 0 Å². The highest BCUT2D eigenvalue weighted by atomic mass is 16.6. The van der Waals surface area contributed by atoms with Crippen molar-refractivity contribution in [3.63, 3.8) is 0 Å². The summed E-state index contributed by atoms with van der Waals surface area (Å²) in [5.74, 6) is -5.58. The number of ketones is 1. The van der Waals surface area contributed by atoms with Gasteiger partial charge in [-0.25, -0.2) is 0 Å². The first kappa shape index (κ1) is 30.0. The lowest BCUT2D eigenvalue weighted by molar-refractivity contribution is -0.306. The molecule has 4 fully saturated rings. The van der Waals surface area contributed by atoms with Crippen LogP contribution in [0.4, 0.5) is 0 Å². The van der Waals surface area contributed by atoms with Crippen LogP contribution in [-0.4, -0.2) is 62.7 Å². The lowest BCUT2D eigenvalue weighted by Gasteiger charge is -2.70. The fraction of sp³-hybridized carbons (Fsp3) is 0.645. The molecular weight excluding hydrogens is 548 g/mol. The predicted octanol–water partition coefficient (Wildman–Crippen LogP) is 3.50. The Hall–Kier alpha value is -3.47. The fourth-order valence-corrected chi connectivity index (χ4v) is 8.94. The number of fused-ring (bicyclic) bond motifs is 3. The number of hydrogen-bond donors (Lipinski definition) is 0. The number of cyclic esters (lactones) is 1. The van der Waals surface area contributed by atoms with Gasteiger partial charge in [0, 0.05) is 28.7 Å². The Morgan fingerprint density at radius 2 is 1.74 bits per heavy atom. The number of carbonyl (C=O) groups is 5. The lowest BCUT2D eigenvalue weighted by Crippen LogP contribution is -2.74. The zero-order chi connectivity index (χ0) is 30.8. The van der Waals surface area contributed by atoms with E-state index in [1.54, 1.807) is 19.9 Å². The van der Waals surface area contributed by atoms with Crippen LogP contribution in [0.2, 0.25) is 0 Å². The van der Waals surface area contributed by atoms with Crippen LogP contribution in [0.3, 0.4) is 0 Å². The summed E-state index contributed by atoms with van der Waals surface area (Å²) in [5.41, 5.74) is -3.52. The summed E-state index contributed by atoms with van der Waals surface area (Å²) >= 11 is 0. The minimum atomic E-state index is -1.41. The van der Waals surface area contributed by atoms with Crippen molar-refractivity contribution in [3.8, 4) is 0 Å². The molecule has 42 heavy (non-hydrogen) atoms. The molecule has 1 aromatic heterocycles. The van der Waals surface area contributed by atoms with Crippen LogP contribution >= 0.6 is 0 Å². The van der Waals surface area contributed by atoms with Gasteiger partial charge < -0.3 is 28.1 Å². The molecule has 2 bridgehead atoms. The second-order valence-electron chi connectivity index (χ2n) is 12.8. The maximum atomic E-state index is 13.8. The number of ether oxygens (including phenoxy) is 5. The van der Waals surface area contributed by atoms with Gasteiger partial charge in [-0.3, -0.25) is 24.0 Å². The highest BCUT2D eigenvalue weighted by molar-refractivity contribution is 5.97. The van der Waals surface area contributed by atoms with Crippen molar-refractivity contribution >= 4 is 29.7 Å². The number of carbonyl (C=O) groups excluding carboxylic acids is 5. The maximum absolute atomic E-state index is 13.8. The minimum Gasteiger partial charge on any atom is -0.472 e. The van der Waals surface area contributed by atoms with E-state index >= 15 is 0 Å². The molecule has 2 aliphatic carbocycles. The third-order valence-electron chi connectivity index (χ3n) is 10.9. The molecule has 0 radical (unpaired) electrons. The zero-order valence-electron chi connectivity index (χ0n) is 24.9. The number of methoxy groups -OCH3 is 3. The lowest BCUT2D eigenvalue weighted by atomic mass is 9.40. The highest BCUT2D eigenvalue weighted by Gasteiger charge is 2.76. The van der Waals surface area contributed by atoms with Crippen molar-refractivity contribution in [2.24, 2.45) is 34.0 Å². The Bertz CT molecular complexity index is 1310.